The first-order valence-corrected chi connectivity index (χ1v) is 6.57. The summed E-state index contributed by atoms with van der Waals surface area (Å²) in [5, 5.41) is 2.67. The third kappa shape index (κ3) is 4.79. The quantitative estimate of drug-likeness (QED) is 0.793. The molecule has 1 aliphatic rings. The van der Waals surface area contributed by atoms with Crippen molar-refractivity contribution in [2.24, 2.45) is 0 Å². The summed E-state index contributed by atoms with van der Waals surface area (Å²) in [7, 11) is 0. The maximum atomic E-state index is 11.2. The van der Waals surface area contributed by atoms with Gasteiger partial charge in [-0.25, -0.2) is 0 Å². The highest BCUT2D eigenvalue weighted by molar-refractivity contribution is 6.68. The average molecular weight is 304 g/mol. The number of carbonyl (C=O) groups is 1. The van der Waals surface area contributed by atoms with Crippen LogP contribution in [0.15, 0.2) is 0 Å². The van der Waals surface area contributed by atoms with Crippen LogP contribution in [0.5, 0.6) is 0 Å². The molecule has 1 N–H and O–H groups in total. The van der Waals surface area contributed by atoms with Crippen molar-refractivity contribution in [3.8, 4) is 0 Å². The van der Waals surface area contributed by atoms with Gasteiger partial charge in [0.05, 0.1) is 12.2 Å². The zero-order valence-electron chi connectivity index (χ0n) is 10.0. The minimum atomic E-state index is -1.57. The highest BCUT2D eigenvalue weighted by atomic mass is 35.6. The second-order valence-electron chi connectivity index (χ2n) is 4.36. The van der Waals surface area contributed by atoms with E-state index in [-0.39, 0.29) is 18.1 Å². The lowest BCUT2D eigenvalue weighted by Crippen LogP contribution is -2.60. The van der Waals surface area contributed by atoms with Gasteiger partial charge < -0.3 is 10.1 Å². The summed E-state index contributed by atoms with van der Waals surface area (Å²) >= 11 is 17.7. The third-order valence-corrected chi connectivity index (χ3v) is 3.08. The minimum Gasteiger partial charge on any atom is -0.373 e. The molecule has 4 nitrogen and oxygen atoms in total. The van der Waals surface area contributed by atoms with Crippen molar-refractivity contribution in [2.45, 2.75) is 42.9 Å². The van der Waals surface area contributed by atoms with E-state index in [0.717, 1.165) is 0 Å². The molecule has 0 spiro atoms. The van der Waals surface area contributed by atoms with Gasteiger partial charge in [-0.1, -0.05) is 34.8 Å². The van der Waals surface area contributed by atoms with E-state index in [1.54, 1.807) is 0 Å². The molecule has 1 fully saturated rings. The van der Waals surface area contributed by atoms with Crippen LogP contribution >= 0.6 is 34.8 Å². The number of halogens is 3. The molecule has 0 aromatic rings. The molecule has 1 saturated heterocycles. The van der Waals surface area contributed by atoms with Gasteiger partial charge in [0, 0.05) is 20.0 Å². The van der Waals surface area contributed by atoms with Crippen LogP contribution in [-0.2, 0) is 9.53 Å². The number of nitrogens with zero attached hydrogens (tertiary/aromatic N) is 1. The molecule has 17 heavy (non-hydrogen) atoms. The summed E-state index contributed by atoms with van der Waals surface area (Å²) in [6.07, 6.45) is -0.552. The molecule has 1 amide bonds. The van der Waals surface area contributed by atoms with E-state index in [9.17, 15) is 4.79 Å². The zero-order chi connectivity index (χ0) is 13.2. The Morgan fingerprint density at radius 1 is 1.35 bits per heavy atom. The molecule has 0 aromatic heterocycles. The van der Waals surface area contributed by atoms with Crippen molar-refractivity contribution >= 4 is 40.7 Å². The van der Waals surface area contributed by atoms with Crippen LogP contribution in [0.3, 0.4) is 0 Å². The van der Waals surface area contributed by atoms with E-state index in [1.165, 1.54) is 6.92 Å². The van der Waals surface area contributed by atoms with Crippen LogP contribution < -0.4 is 5.32 Å². The molecule has 1 rings (SSSR count). The van der Waals surface area contributed by atoms with Crippen molar-refractivity contribution in [1.29, 1.82) is 0 Å². The number of alkyl halides is 3. The largest absolute Gasteiger partial charge is 0.373 e. The molecule has 0 saturated carbocycles. The molecule has 1 heterocycles. The van der Waals surface area contributed by atoms with Crippen molar-refractivity contribution in [1.82, 2.24) is 10.2 Å². The molecule has 3 unspecified atom stereocenters. The normalized spacial score (nSPS) is 28.8. The maximum Gasteiger partial charge on any atom is 0.223 e. The van der Waals surface area contributed by atoms with Crippen molar-refractivity contribution in [2.75, 3.05) is 13.1 Å². The topological polar surface area (TPSA) is 41.6 Å². The van der Waals surface area contributed by atoms with Gasteiger partial charge >= 0.3 is 0 Å². The van der Waals surface area contributed by atoms with Crippen LogP contribution in [0.2, 0.25) is 0 Å². The number of carbonyl (C=O) groups excluding carboxylic acids is 1. The molecular weight excluding hydrogens is 286 g/mol. The zero-order valence-corrected chi connectivity index (χ0v) is 12.3. The van der Waals surface area contributed by atoms with E-state index < -0.39 is 9.96 Å². The second-order valence-corrected chi connectivity index (χ2v) is 6.72. The standard InChI is InChI=1S/C10H17Cl3N2O2/c1-6-4-15(5-7(2)17-6)9(10(11,12)13)14-8(3)16/h6-7,9H,4-5H2,1-3H3,(H,14,16). The molecule has 3 atom stereocenters. The van der Waals surface area contributed by atoms with E-state index >= 15 is 0 Å². The first kappa shape index (κ1) is 15.3. The second kappa shape index (κ2) is 5.93. The van der Waals surface area contributed by atoms with Crippen molar-refractivity contribution in [3.63, 3.8) is 0 Å². The number of rotatable bonds is 2. The fourth-order valence-electron chi connectivity index (χ4n) is 2.00. The van der Waals surface area contributed by atoms with E-state index in [1.807, 2.05) is 18.7 Å². The maximum absolute atomic E-state index is 11.2. The highest BCUT2D eigenvalue weighted by Gasteiger charge is 2.40. The van der Waals surface area contributed by atoms with Gasteiger partial charge in [0.25, 0.3) is 0 Å². The molecule has 0 radical (unpaired) electrons. The lowest BCUT2D eigenvalue weighted by molar-refractivity contribution is -0.124. The Morgan fingerprint density at radius 3 is 2.18 bits per heavy atom. The van der Waals surface area contributed by atoms with Crippen molar-refractivity contribution in [3.05, 3.63) is 0 Å². The number of morpholine rings is 1. The smallest absolute Gasteiger partial charge is 0.223 e. The fourth-order valence-corrected chi connectivity index (χ4v) is 2.58. The average Bonchev–Trinajstić information content (AvgIpc) is 2.10. The summed E-state index contributed by atoms with van der Waals surface area (Å²) in [6.45, 7) is 6.53. The molecule has 1 aliphatic heterocycles. The van der Waals surface area contributed by atoms with Crippen molar-refractivity contribution < 1.29 is 9.53 Å². The highest BCUT2D eigenvalue weighted by Crippen LogP contribution is 2.33. The Bertz CT molecular complexity index is 273. The monoisotopic (exact) mass is 302 g/mol. The summed E-state index contributed by atoms with van der Waals surface area (Å²) in [6, 6.07) is 0. The summed E-state index contributed by atoms with van der Waals surface area (Å²) < 4.78 is 4.03. The van der Waals surface area contributed by atoms with Crippen LogP contribution in [0, 0.1) is 0 Å². The SMILES string of the molecule is CC(=O)NC(N1CC(C)OC(C)C1)C(Cl)(Cl)Cl. The predicted octanol–water partition coefficient (Wildman–Crippen LogP) is 1.93. The van der Waals surface area contributed by atoms with Crippen LogP contribution in [-0.4, -0.2) is 46.1 Å². The Morgan fingerprint density at radius 2 is 1.82 bits per heavy atom. The minimum absolute atomic E-state index is 0.0439. The summed E-state index contributed by atoms with van der Waals surface area (Å²) in [4.78, 5) is 13.1. The number of nitrogens with one attached hydrogen (secondary N) is 1. The Labute approximate surface area is 117 Å². The van der Waals surface area contributed by atoms with Gasteiger partial charge in [0.2, 0.25) is 9.70 Å². The molecule has 0 aromatic carbocycles. The predicted molar refractivity (Wildman–Crippen MR) is 69.5 cm³/mol. The molecule has 0 bridgehead atoms. The summed E-state index contributed by atoms with van der Waals surface area (Å²) in [5.74, 6) is -0.229. The first-order valence-electron chi connectivity index (χ1n) is 5.43. The molecular formula is C10H17Cl3N2O2. The van der Waals surface area contributed by atoms with Crippen LogP contribution in [0.25, 0.3) is 0 Å². The van der Waals surface area contributed by atoms with Crippen LogP contribution in [0.1, 0.15) is 20.8 Å². The van der Waals surface area contributed by atoms with Gasteiger partial charge in [0.15, 0.2) is 0 Å². The van der Waals surface area contributed by atoms with E-state index in [4.69, 9.17) is 39.5 Å². The van der Waals surface area contributed by atoms with E-state index in [0.29, 0.717) is 13.1 Å². The Kier molecular flexibility index (Phi) is 5.35. The lowest BCUT2D eigenvalue weighted by Gasteiger charge is -2.42. The molecule has 0 aliphatic carbocycles. The number of hydrogen-bond donors (Lipinski definition) is 1. The fraction of sp³-hybridized carbons (Fsp3) is 0.900. The number of hydrogen-bond acceptors (Lipinski definition) is 3. The van der Waals surface area contributed by atoms with Crippen LogP contribution in [0.4, 0.5) is 0 Å². The first-order chi connectivity index (χ1) is 7.70. The Hall–Kier alpha value is 0.260. The van der Waals surface area contributed by atoms with Gasteiger partial charge in [-0.3, -0.25) is 9.69 Å². The van der Waals surface area contributed by atoms with E-state index in [2.05, 4.69) is 5.32 Å². The van der Waals surface area contributed by atoms with Gasteiger partial charge in [0.1, 0.15) is 6.17 Å². The number of ether oxygens (including phenoxy) is 1. The van der Waals surface area contributed by atoms with Gasteiger partial charge in [-0.05, 0) is 13.8 Å². The third-order valence-electron chi connectivity index (χ3n) is 2.46. The van der Waals surface area contributed by atoms with Gasteiger partial charge in [-0.15, -0.1) is 0 Å². The lowest BCUT2D eigenvalue weighted by atomic mass is 10.2. The molecule has 100 valence electrons. The number of amides is 1. The summed E-state index contributed by atoms with van der Waals surface area (Å²) in [5.41, 5.74) is 0. The molecule has 7 heteroatoms. The van der Waals surface area contributed by atoms with Gasteiger partial charge in [-0.2, -0.15) is 0 Å². The Balaban J connectivity index is 2.78.